The number of nitrogens with zero attached hydrogens (tertiary/aromatic N) is 3. The van der Waals surface area contributed by atoms with E-state index in [1.807, 2.05) is 6.92 Å². The molecule has 0 fully saturated rings. The van der Waals surface area contributed by atoms with Crippen LogP contribution in [0, 0.1) is 19.8 Å². The number of aliphatic hydroxyl groups is 1. The number of likely N-dealkylation sites (N-methyl/N-ethyl adjacent to an activating group) is 1. The van der Waals surface area contributed by atoms with E-state index in [4.69, 9.17) is 15.0 Å². The Kier molecular flexibility index (Phi) is 13.0. The number of para-hydroxylation sites is 2. The monoisotopic (exact) mass is 712 g/mol. The highest BCUT2D eigenvalue weighted by Gasteiger charge is 2.35. The maximum absolute atomic E-state index is 13.6. The number of aromatic nitrogens is 1. The van der Waals surface area contributed by atoms with Crippen molar-refractivity contribution in [1.29, 1.82) is 0 Å². The van der Waals surface area contributed by atoms with Crippen LogP contribution in [0.3, 0.4) is 0 Å². The normalized spacial score (nSPS) is 17.3. The fraction of sp³-hybridized carbons (Fsp3) is 0.486. The van der Waals surface area contributed by atoms with Gasteiger partial charge in [-0.05, 0) is 63.9 Å². The van der Waals surface area contributed by atoms with Crippen LogP contribution in [0.5, 0.6) is 5.75 Å². The third kappa shape index (κ3) is 9.61. The minimum Gasteiger partial charge on any atom is -0.488 e. The quantitative estimate of drug-likeness (QED) is 0.141. The van der Waals surface area contributed by atoms with Gasteiger partial charge < -0.3 is 35.6 Å². The van der Waals surface area contributed by atoms with Gasteiger partial charge in [0.15, 0.2) is 5.76 Å². The van der Waals surface area contributed by atoms with Crippen molar-refractivity contribution in [2.75, 3.05) is 43.1 Å². The summed E-state index contributed by atoms with van der Waals surface area (Å²) in [6, 6.07) is 11.6. The van der Waals surface area contributed by atoms with E-state index in [9.17, 15) is 27.9 Å². The Morgan fingerprint density at radius 3 is 2.42 bits per heavy atom. The molecule has 0 aliphatic carbocycles. The second kappa shape index (κ2) is 17.0. The molecule has 0 saturated carbocycles. The summed E-state index contributed by atoms with van der Waals surface area (Å²) >= 11 is 0. The summed E-state index contributed by atoms with van der Waals surface area (Å²) in [6.45, 7) is 6.66. The molecule has 0 unspecified atom stereocenters. The fourth-order valence-corrected chi connectivity index (χ4v) is 7.34. The number of rotatable bonds is 14. The summed E-state index contributed by atoms with van der Waals surface area (Å²) in [5, 5.41) is 19.4. The number of nitrogens with one attached hydrogen (secondary N) is 2. The number of carbonyl (C=O) groups is 3. The molecule has 0 spiro atoms. The molecule has 2 heterocycles. The fourth-order valence-electron chi connectivity index (χ4n) is 5.87. The molecule has 3 atom stereocenters. The number of aliphatic hydroxyl groups excluding tert-OH is 1. The molecule has 50 heavy (non-hydrogen) atoms. The number of fused-ring (bicyclic) bond motifs is 1. The van der Waals surface area contributed by atoms with Gasteiger partial charge in [-0.15, -0.1) is 0 Å². The van der Waals surface area contributed by atoms with Crippen molar-refractivity contribution in [3.63, 3.8) is 0 Å². The number of sulfonamides is 1. The number of nitrogen functional groups attached to an aromatic ring is 1. The number of benzene rings is 2. The van der Waals surface area contributed by atoms with Crippen LogP contribution >= 0.6 is 0 Å². The van der Waals surface area contributed by atoms with E-state index in [0.717, 1.165) is 0 Å². The zero-order valence-corrected chi connectivity index (χ0v) is 30.1. The topological polar surface area (TPSA) is 197 Å². The molecule has 0 radical (unpaired) electrons. The van der Waals surface area contributed by atoms with Gasteiger partial charge in [-0.25, -0.2) is 8.42 Å². The SMILES string of the molecule is Cc1noc(C)c1S(=O)(=O)N(C)C[C@@H]1Oc2ccc(NC(=O)CCCCCC(=O)Nc3ccccc3N)cc2CC(=O)N([C@@H](C)CO)C[C@H]1C. The molecule has 15 heteroatoms. The number of amides is 3. The van der Waals surface area contributed by atoms with Gasteiger partial charge in [0.2, 0.25) is 27.7 Å². The molecule has 3 aromatic rings. The van der Waals surface area contributed by atoms with E-state index in [2.05, 4.69) is 15.8 Å². The Bertz CT molecular complexity index is 1760. The first-order valence-electron chi connectivity index (χ1n) is 16.7. The van der Waals surface area contributed by atoms with Gasteiger partial charge in [0.25, 0.3) is 0 Å². The van der Waals surface area contributed by atoms with Crippen molar-refractivity contribution in [1.82, 2.24) is 14.4 Å². The molecule has 1 aromatic heterocycles. The van der Waals surface area contributed by atoms with Crippen LogP contribution in [0.15, 0.2) is 51.9 Å². The predicted molar refractivity (Wildman–Crippen MR) is 189 cm³/mol. The van der Waals surface area contributed by atoms with Crippen LogP contribution in [-0.4, -0.2) is 84.5 Å². The van der Waals surface area contributed by atoms with Gasteiger partial charge >= 0.3 is 0 Å². The summed E-state index contributed by atoms with van der Waals surface area (Å²) in [5.41, 5.74) is 8.20. The molecule has 0 bridgehead atoms. The number of hydrogen-bond donors (Lipinski definition) is 4. The maximum atomic E-state index is 13.6. The van der Waals surface area contributed by atoms with Crippen LogP contribution in [0.4, 0.5) is 17.1 Å². The highest BCUT2D eigenvalue weighted by molar-refractivity contribution is 7.89. The first kappa shape index (κ1) is 38.3. The third-order valence-corrected chi connectivity index (χ3v) is 10.9. The van der Waals surface area contributed by atoms with Gasteiger partial charge in [0, 0.05) is 43.6 Å². The zero-order chi connectivity index (χ0) is 36.6. The van der Waals surface area contributed by atoms with Crippen molar-refractivity contribution in [2.24, 2.45) is 5.92 Å². The van der Waals surface area contributed by atoms with Crippen molar-refractivity contribution in [3.8, 4) is 5.75 Å². The number of ether oxygens (including phenoxy) is 1. The Hall–Kier alpha value is -4.47. The standard InChI is InChI=1S/C35H48N6O8S/c1-22-19-41(23(2)21-42)34(45)18-26-17-27(37-32(43)13-7-6-8-14-33(44)38-29-12-10-9-11-28(29)36)15-16-30(26)48-31(22)20-40(5)50(46,47)35-24(3)39-49-25(35)4/h9-12,15-17,22-23,31,42H,6-8,13-14,18-21,36H2,1-5H3,(H,37,43)(H,38,44)/t22-,23+,31+/m1/s1. The third-order valence-electron chi connectivity index (χ3n) is 8.82. The summed E-state index contributed by atoms with van der Waals surface area (Å²) in [7, 11) is -2.52. The summed E-state index contributed by atoms with van der Waals surface area (Å²) in [5.74, 6) is -0.340. The number of unbranched alkanes of at least 4 members (excludes halogenated alkanes) is 2. The zero-order valence-electron chi connectivity index (χ0n) is 29.3. The van der Waals surface area contributed by atoms with Crippen molar-refractivity contribution in [2.45, 2.75) is 83.3 Å². The van der Waals surface area contributed by atoms with E-state index >= 15 is 0 Å². The molecule has 14 nitrogen and oxygen atoms in total. The number of anilines is 3. The molecule has 1 aliphatic rings. The Morgan fingerprint density at radius 2 is 1.78 bits per heavy atom. The molecule has 3 amide bonds. The van der Waals surface area contributed by atoms with Gasteiger partial charge in [-0.2, -0.15) is 4.31 Å². The van der Waals surface area contributed by atoms with Crippen molar-refractivity contribution in [3.05, 3.63) is 59.5 Å². The van der Waals surface area contributed by atoms with Crippen LogP contribution < -0.4 is 21.1 Å². The molecule has 5 N–H and O–H groups in total. The predicted octanol–water partition coefficient (Wildman–Crippen LogP) is 3.87. The molecule has 4 rings (SSSR count). The Balaban J connectivity index is 1.42. The molecule has 2 aromatic carbocycles. The van der Waals surface area contributed by atoms with E-state index in [1.165, 1.54) is 18.3 Å². The van der Waals surface area contributed by atoms with Crippen LogP contribution in [0.1, 0.15) is 63.0 Å². The van der Waals surface area contributed by atoms with E-state index in [0.29, 0.717) is 54.1 Å². The average molecular weight is 713 g/mol. The minimum atomic E-state index is -3.98. The average Bonchev–Trinajstić information content (AvgIpc) is 3.43. The second-order valence-corrected chi connectivity index (χ2v) is 14.9. The lowest BCUT2D eigenvalue weighted by molar-refractivity contribution is -0.134. The van der Waals surface area contributed by atoms with Gasteiger partial charge in [0.1, 0.15) is 22.4 Å². The number of carbonyl (C=O) groups excluding carboxylic acids is 3. The molecular weight excluding hydrogens is 664 g/mol. The smallest absolute Gasteiger partial charge is 0.248 e. The molecule has 272 valence electrons. The number of hydrogen-bond acceptors (Lipinski definition) is 10. The minimum absolute atomic E-state index is 0.00127. The lowest BCUT2D eigenvalue weighted by Crippen LogP contribution is -2.48. The molecule has 1 aliphatic heterocycles. The van der Waals surface area contributed by atoms with Crippen molar-refractivity contribution >= 4 is 44.8 Å². The highest BCUT2D eigenvalue weighted by Crippen LogP contribution is 2.31. The van der Waals surface area contributed by atoms with Gasteiger partial charge in [0.05, 0.1) is 37.0 Å². The largest absolute Gasteiger partial charge is 0.488 e. The number of aryl methyl sites for hydroxylation is 2. The Labute approximate surface area is 293 Å². The first-order valence-corrected chi connectivity index (χ1v) is 18.2. The lowest BCUT2D eigenvalue weighted by atomic mass is 10.0. The second-order valence-electron chi connectivity index (χ2n) is 12.9. The van der Waals surface area contributed by atoms with Crippen LogP contribution in [0.25, 0.3) is 0 Å². The van der Waals surface area contributed by atoms with E-state index in [1.54, 1.807) is 61.2 Å². The molecule has 0 saturated heterocycles. The first-order chi connectivity index (χ1) is 23.7. The summed E-state index contributed by atoms with van der Waals surface area (Å²) < 4.78 is 39.8. The van der Waals surface area contributed by atoms with Gasteiger partial charge in [-0.1, -0.05) is 30.6 Å². The lowest BCUT2D eigenvalue weighted by Gasteiger charge is -2.33. The highest BCUT2D eigenvalue weighted by atomic mass is 32.2. The van der Waals surface area contributed by atoms with Crippen molar-refractivity contribution < 1.29 is 37.2 Å². The van der Waals surface area contributed by atoms with Gasteiger partial charge in [-0.3, -0.25) is 14.4 Å². The maximum Gasteiger partial charge on any atom is 0.248 e. The Morgan fingerprint density at radius 1 is 1.10 bits per heavy atom. The van der Waals surface area contributed by atoms with Crippen LogP contribution in [0.2, 0.25) is 0 Å². The van der Waals surface area contributed by atoms with E-state index in [-0.39, 0.29) is 72.5 Å². The number of nitrogens with two attached hydrogens (primary N) is 1. The summed E-state index contributed by atoms with van der Waals surface area (Å²) in [6.07, 6.45) is 1.69. The summed E-state index contributed by atoms with van der Waals surface area (Å²) in [4.78, 5) is 40.2. The van der Waals surface area contributed by atoms with E-state index < -0.39 is 22.2 Å². The van der Waals surface area contributed by atoms with Crippen LogP contribution in [-0.2, 0) is 30.8 Å². The molecular formula is C35H48N6O8S.